The second-order valence-corrected chi connectivity index (χ2v) is 7.21. The first-order valence-corrected chi connectivity index (χ1v) is 9.38. The summed E-state index contributed by atoms with van der Waals surface area (Å²) in [6, 6.07) is 19.1. The van der Waals surface area contributed by atoms with Crippen LogP contribution in [0.3, 0.4) is 0 Å². The number of rotatable bonds is 4. The van der Waals surface area contributed by atoms with Gasteiger partial charge in [0.1, 0.15) is 0 Å². The molecule has 2 aromatic carbocycles. The summed E-state index contributed by atoms with van der Waals surface area (Å²) in [4.78, 5) is 12.9. The van der Waals surface area contributed by atoms with Crippen molar-refractivity contribution in [1.82, 2.24) is 9.47 Å². The van der Waals surface area contributed by atoms with Crippen LogP contribution in [0.25, 0.3) is 0 Å². The van der Waals surface area contributed by atoms with E-state index in [-0.39, 0.29) is 16.7 Å². The molecule has 4 rings (SSSR count). The molecular weight excluding hydrogens is 362 g/mol. The summed E-state index contributed by atoms with van der Waals surface area (Å²) >= 11 is 6.56. The average molecular weight is 382 g/mol. The molecule has 0 fully saturated rings. The first kappa shape index (κ1) is 17.8. The SMILES string of the molecule is O=[N+]([O-])c1ccc(CN2CCCn3cccc3[C@@H]2c2ccccc2Cl)cc1. The molecule has 0 unspecified atom stereocenters. The van der Waals surface area contributed by atoms with Crippen molar-refractivity contribution in [1.29, 1.82) is 0 Å². The Morgan fingerprint density at radius 2 is 1.81 bits per heavy atom. The summed E-state index contributed by atoms with van der Waals surface area (Å²) in [5.74, 6) is 0. The number of halogens is 1. The maximum atomic E-state index is 10.9. The van der Waals surface area contributed by atoms with Crippen LogP contribution in [0.1, 0.15) is 29.3 Å². The Bertz CT molecular complexity index is 952. The van der Waals surface area contributed by atoms with E-state index >= 15 is 0 Å². The molecule has 1 aromatic heterocycles. The van der Waals surface area contributed by atoms with Crippen molar-refractivity contribution in [3.05, 3.63) is 98.8 Å². The maximum absolute atomic E-state index is 10.9. The van der Waals surface area contributed by atoms with Crippen molar-refractivity contribution in [3.63, 3.8) is 0 Å². The predicted molar refractivity (Wildman–Crippen MR) is 106 cm³/mol. The Labute approximate surface area is 162 Å². The summed E-state index contributed by atoms with van der Waals surface area (Å²) in [5.41, 5.74) is 3.48. The summed E-state index contributed by atoms with van der Waals surface area (Å²) in [5, 5.41) is 11.7. The van der Waals surface area contributed by atoms with Gasteiger partial charge < -0.3 is 4.57 Å². The Balaban J connectivity index is 1.71. The zero-order valence-electron chi connectivity index (χ0n) is 14.8. The first-order valence-electron chi connectivity index (χ1n) is 9.00. The van der Waals surface area contributed by atoms with Crippen LogP contribution in [0.5, 0.6) is 0 Å². The second-order valence-electron chi connectivity index (χ2n) is 6.80. The largest absolute Gasteiger partial charge is 0.350 e. The van der Waals surface area contributed by atoms with Gasteiger partial charge in [0.25, 0.3) is 5.69 Å². The van der Waals surface area contributed by atoms with Gasteiger partial charge >= 0.3 is 0 Å². The molecule has 0 radical (unpaired) electrons. The van der Waals surface area contributed by atoms with Gasteiger partial charge in [0.2, 0.25) is 0 Å². The van der Waals surface area contributed by atoms with Crippen LogP contribution < -0.4 is 0 Å². The predicted octanol–water partition coefficient (Wildman–Crippen LogP) is 5.05. The molecule has 5 nitrogen and oxygen atoms in total. The molecule has 0 bridgehead atoms. The Hall–Kier alpha value is -2.63. The molecule has 1 atom stereocenters. The summed E-state index contributed by atoms with van der Waals surface area (Å²) in [6.07, 6.45) is 3.16. The molecule has 0 saturated carbocycles. The quantitative estimate of drug-likeness (QED) is 0.469. The van der Waals surface area contributed by atoms with Gasteiger partial charge in [-0.05, 0) is 35.7 Å². The molecule has 1 aliphatic rings. The zero-order valence-corrected chi connectivity index (χ0v) is 15.5. The zero-order chi connectivity index (χ0) is 18.8. The van der Waals surface area contributed by atoms with Crippen molar-refractivity contribution in [3.8, 4) is 0 Å². The van der Waals surface area contributed by atoms with Crippen LogP contribution >= 0.6 is 11.6 Å². The van der Waals surface area contributed by atoms with Crippen LogP contribution in [0, 0.1) is 10.1 Å². The lowest BCUT2D eigenvalue weighted by Gasteiger charge is -2.31. The van der Waals surface area contributed by atoms with Crippen molar-refractivity contribution >= 4 is 17.3 Å². The van der Waals surface area contributed by atoms with Gasteiger partial charge in [-0.2, -0.15) is 0 Å². The van der Waals surface area contributed by atoms with E-state index in [1.54, 1.807) is 12.1 Å². The van der Waals surface area contributed by atoms with E-state index in [4.69, 9.17) is 11.6 Å². The fourth-order valence-corrected chi connectivity index (χ4v) is 4.06. The maximum Gasteiger partial charge on any atom is 0.269 e. The van der Waals surface area contributed by atoms with E-state index in [0.29, 0.717) is 6.54 Å². The number of aromatic nitrogens is 1. The van der Waals surface area contributed by atoms with Crippen LogP contribution in [0.15, 0.2) is 66.9 Å². The lowest BCUT2D eigenvalue weighted by molar-refractivity contribution is -0.384. The highest BCUT2D eigenvalue weighted by Gasteiger charge is 2.28. The third-order valence-corrected chi connectivity index (χ3v) is 5.43. The van der Waals surface area contributed by atoms with Gasteiger partial charge in [0.05, 0.1) is 11.0 Å². The lowest BCUT2D eigenvalue weighted by atomic mass is 10.0. The highest BCUT2D eigenvalue weighted by molar-refractivity contribution is 6.31. The number of non-ortho nitro benzene ring substituents is 1. The molecule has 138 valence electrons. The molecule has 0 amide bonds. The first-order chi connectivity index (χ1) is 13.1. The molecule has 0 aliphatic carbocycles. The van der Waals surface area contributed by atoms with Crippen molar-refractivity contribution in [2.75, 3.05) is 6.54 Å². The standard InChI is InChI=1S/C21H20ClN3O2/c22-19-6-2-1-5-18(19)21-20-7-3-12-23(20)13-4-14-24(21)15-16-8-10-17(11-9-16)25(26)27/h1-3,5-12,21H,4,13-15H2/t21-/m0/s1. The Kier molecular flexibility index (Phi) is 4.97. The summed E-state index contributed by atoms with van der Waals surface area (Å²) in [7, 11) is 0. The van der Waals surface area contributed by atoms with Crippen LogP contribution in [0.4, 0.5) is 5.69 Å². The van der Waals surface area contributed by atoms with Gasteiger partial charge in [0, 0.05) is 48.7 Å². The molecule has 0 saturated heterocycles. The Morgan fingerprint density at radius 1 is 1.04 bits per heavy atom. The number of fused-ring (bicyclic) bond motifs is 1. The monoisotopic (exact) mass is 381 g/mol. The Morgan fingerprint density at radius 3 is 2.56 bits per heavy atom. The van der Waals surface area contributed by atoms with Crippen molar-refractivity contribution < 1.29 is 4.92 Å². The minimum absolute atomic E-state index is 0.0476. The minimum Gasteiger partial charge on any atom is -0.350 e. The molecular formula is C21H20ClN3O2. The molecule has 0 N–H and O–H groups in total. The van der Waals surface area contributed by atoms with E-state index in [9.17, 15) is 10.1 Å². The number of hydrogen-bond donors (Lipinski definition) is 0. The fraction of sp³-hybridized carbons (Fsp3) is 0.238. The van der Waals surface area contributed by atoms with Crippen molar-refractivity contribution in [2.45, 2.75) is 25.6 Å². The van der Waals surface area contributed by atoms with E-state index in [1.807, 2.05) is 30.3 Å². The van der Waals surface area contributed by atoms with Crippen LogP contribution in [-0.2, 0) is 13.1 Å². The lowest BCUT2D eigenvalue weighted by Crippen LogP contribution is -2.29. The fourth-order valence-electron chi connectivity index (χ4n) is 3.82. The van der Waals surface area contributed by atoms with Gasteiger partial charge in [-0.15, -0.1) is 0 Å². The highest BCUT2D eigenvalue weighted by Crippen LogP contribution is 2.36. The third kappa shape index (κ3) is 3.61. The van der Waals surface area contributed by atoms with E-state index in [0.717, 1.165) is 35.7 Å². The molecule has 0 spiro atoms. The van der Waals surface area contributed by atoms with E-state index in [1.165, 1.54) is 5.69 Å². The number of aryl methyl sites for hydroxylation is 1. The number of nitro benzene ring substituents is 1. The normalized spacial score (nSPS) is 17.3. The number of benzene rings is 2. The highest BCUT2D eigenvalue weighted by atomic mass is 35.5. The van der Waals surface area contributed by atoms with Gasteiger partial charge in [-0.3, -0.25) is 15.0 Å². The van der Waals surface area contributed by atoms with E-state index < -0.39 is 0 Å². The molecule has 6 heteroatoms. The molecule has 2 heterocycles. The topological polar surface area (TPSA) is 51.3 Å². The third-order valence-electron chi connectivity index (χ3n) is 5.09. The average Bonchev–Trinajstić information content (AvgIpc) is 3.05. The molecule has 3 aromatic rings. The second kappa shape index (κ2) is 7.55. The smallest absolute Gasteiger partial charge is 0.269 e. The van der Waals surface area contributed by atoms with Gasteiger partial charge in [-0.25, -0.2) is 0 Å². The van der Waals surface area contributed by atoms with Crippen LogP contribution in [-0.4, -0.2) is 20.9 Å². The van der Waals surface area contributed by atoms with Gasteiger partial charge in [-0.1, -0.05) is 41.9 Å². The summed E-state index contributed by atoms with van der Waals surface area (Å²) in [6.45, 7) is 2.60. The summed E-state index contributed by atoms with van der Waals surface area (Å²) < 4.78 is 2.30. The van der Waals surface area contributed by atoms with Gasteiger partial charge in [0.15, 0.2) is 0 Å². The molecule has 1 aliphatic heterocycles. The van der Waals surface area contributed by atoms with Crippen LogP contribution in [0.2, 0.25) is 5.02 Å². The van der Waals surface area contributed by atoms with Crippen molar-refractivity contribution in [2.24, 2.45) is 0 Å². The number of nitrogens with zero attached hydrogens (tertiary/aromatic N) is 3. The molecule has 27 heavy (non-hydrogen) atoms. The number of nitro groups is 1. The minimum atomic E-state index is -0.366. The van der Waals surface area contributed by atoms with E-state index in [2.05, 4.69) is 33.9 Å². The number of hydrogen-bond acceptors (Lipinski definition) is 3.